The predicted molar refractivity (Wildman–Crippen MR) is 125 cm³/mol. The molecule has 0 bridgehead atoms. The molecule has 0 nitrogen and oxygen atoms in total. The van der Waals surface area contributed by atoms with E-state index in [0.717, 1.165) is 0 Å². The molecule has 3 aromatic carbocycles. The standard InChI is InChI=1S/C27H31B/c1-18(2)21-16-17-23-26(25(21)20-12-8-7-9-13-20)28(19(3)4)24-15-11-10-14-22(24)27(23,5)6/h7-19H,1-6H3. The van der Waals surface area contributed by atoms with Gasteiger partial charge in [0.1, 0.15) is 0 Å². The topological polar surface area (TPSA) is 0 Å². The first kappa shape index (κ1) is 19.1. The van der Waals surface area contributed by atoms with Crippen molar-refractivity contribution >= 4 is 17.6 Å². The maximum atomic E-state index is 2.42. The third-order valence-corrected chi connectivity index (χ3v) is 6.58. The maximum absolute atomic E-state index is 2.42. The Bertz CT molecular complexity index is 996. The third-order valence-electron chi connectivity index (χ3n) is 6.58. The molecule has 1 aliphatic heterocycles. The van der Waals surface area contributed by atoms with Gasteiger partial charge in [-0.15, -0.1) is 0 Å². The van der Waals surface area contributed by atoms with Crippen molar-refractivity contribution in [1.82, 2.24) is 0 Å². The molecule has 0 radical (unpaired) electrons. The van der Waals surface area contributed by atoms with Crippen molar-refractivity contribution < 1.29 is 0 Å². The minimum absolute atomic E-state index is 0.0103. The molecule has 0 amide bonds. The Morgan fingerprint density at radius 3 is 2.00 bits per heavy atom. The Morgan fingerprint density at radius 1 is 0.714 bits per heavy atom. The predicted octanol–water partition coefficient (Wildman–Crippen LogP) is 6.14. The highest BCUT2D eigenvalue weighted by atomic mass is 14.3. The SMILES string of the molecule is CC(C)B1c2ccccc2C(C)(C)c2ccc(C(C)C)c(-c3ccccc3)c21. The van der Waals surface area contributed by atoms with E-state index >= 15 is 0 Å². The van der Waals surface area contributed by atoms with E-state index in [1.807, 2.05) is 0 Å². The zero-order valence-corrected chi connectivity index (χ0v) is 18.1. The molecule has 0 atom stereocenters. The largest absolute Gasteiger partial charge is 0.213 e. The summed E-state index contributed by atoms with van der Waals surface area (Å²) in [6.45, 7) is 14.6. The van der Waals surface area contributed by atoms with E-state index in [2.05, 4.69) is 108 Å². The number of hydrogen-bond acceptors (Lipinski definition) is 0. The highest BCUT2D eigenvalue weighted by Gasteiger charge is 2.42. The Hall–Kier alpha value is -2.28. The molecule has 0 aliphatic carbocycles. The van der Waals surface area contributed by atoms with Crippen LogP contribution in [0.5, 0.6) is 0 Å². The fourth-order valence-electron chi connectivity index (χ4n) is 5.24. The molecule has 28 heavy (non-hydrogen) atoms. The lowest BCUT2D eigenvalue weighted by molar-refractivity contribution is 0.644. The first-order valence-electron chi connectivity index (χ1n) is 10.7. The lowest BCUT2D eigenvalue weighted by atomic mass is 9.28. The van der Waals surface area contributed by atoms with Crippen molar-refractivity contribution in [1.29, 1.82) is 0 Å². The van der Waals surface area contributed by atoms with Crippen LogP contribution in [0.4, 0.5) is 0 Å². The van der Waals surface area contributed by atoms with Crippen LogP contribution in [0.15, 0.2) is 66.7 Å². The van der Waals surface area contributed by atoms with E-state index in [1.54, 1.807) is 5.46 Å². The average Bonchev–Trinajstić information content (AvgIpc) is 2.67. The van der Waals surface area contributed by atoms with Crippen molar-refractivity contribution in [3.8, 4) is 11.1 Å². The molecule has 1 heteroatoms. The van der Waals surface area contributed by atoms with Crippen LogP contribution in [0.2, 0.25) is 5.82 Å². The summed E-state index contributed by atoms with van der Waals surface area (Å²) < 4.78 is 0. The van der Waals surface area contributed by atoms with Crippen LogP contribution < -0.4 is 10.9 Å². The summed E-state index contributed by atoms with van der Waals surface area (Å²) in [7, 11) is 0. The van der Waals surface area contributed by atoms with Gasteiger partial charge in [-0.05, 0) is 33.7 Å². The van der Waals surface area contributed by atoms with Gasteiger partial charge in [-0.3, -0.25) is 0 Å². The van der Waals surface area contributed by atoms with E-state index in [0.29, 0.717) is 18.4 Å². The van der Waals surface area contributed by atoms with E-state index in [9.17, 15) is 0 Å². The minimum Gasteiger partial charge on any atom is -0.0699 e. The van der Waals surface area contributed by atoms with Crippen molar-refractivity contribution in [3.63, 3.8) is 0 Å². The second kappa shape index (κ2) is 6.96. The van der Waals surface area contributed by atoms with Gasteiger partial charge < -0.3 is 0 Å². The molecular formula is C27H31B. The van der Waals surface area contributed by atoms with Crippen LogP contribution in [0.1, 0.15) is 64.2 Å². The summed E-state index contributed by atoms with van der Waals surface area (Å²) in [6.07, 6.45) is 0. The number of benzene rings is 3. The molecule has 0 N–H and O–H groups in total. The maximum Gasteiger partial charge on any atom is 0.213 e. The Kier molecular flexibility index (Phi) is 4.74. The molecule has 1 heterocycles. The lowest BCUT2D eigenvalue weighted by Gasteiger charge is -2.41. The van der Waals surface area contributed by atoms with Crippen LogP contribution in [0, 0.1) is 0 Å². The quantitative estimate of drug-likeness (QED) is 0.489. The number of rotatable bonds is 3. The van der Waals surface area contributed by atoms with Gasteiger partial charge in [-0.2, -0.15) is 0 Å². The smallest absolute Gasteiger partial charge is 0.0699 e. The molecule has 1 aliphatic rings. The normalized spacial score (nSPS) is 14.9. The van der Waals surface area contributed by atoms with Gasteiger partial charge in [0.2, 0.25) is 6.71 Å². The zero-order chi connectivity index (χ0) is 20.1. The summed E-state index contributed by atoms with van der Waals surface area (Å²) >= 11 is 0. The molecule has 142 valence electrons. The molecule has 0 aromatic heterocycles. The number of fused-ring (bicyclic) bond motifs is 2. The van der Waals surface area contributed by atoms with E-state index in [4.69, 9.17) is 0 Å². The van der Waals surface area contributed by atoms with Crippen molar-refractivity contribution in [3.05, 3.63) is 83.4 Å². The number of hydrogen-bond donors (Lipinski definition) is 0. The van der Waals surface area contributed by atoms with Crippen LogP contribution >= 0.6 is 0 Å². The molecule has 4 rings (SSSR count). The second-order valence-electron chi connectivity index (χ2n) is 9.45. The van der Waals surface area contributed by atoms with Crippen molar-refractivity contribution in [2.75, 3.05) is 0 Å². The molecule has 0 saturated carbocycles. The summed E-state index contributed by atoms with van der Waals surface area (Å²) in [6, 6.07) is 24.9. The fraction of sp³-hybridized carbons (Fsp3) is 0.333. The van der Waals surface area contributed by atoms with E-state index in [-0.39, 0.29) is 5.41 Å². The highest BCUT2D eigenvalue weighted by molar-refractivity contribution is 6.88. The van der Waals surface area contributed by atoms with Crippen molar-refractivity contribution in [2.45, 2.75) is 58.7 Å². The first-order chi connectivity index (χ1) is 13.3. The van der Waals surface area contributed by atoms with Crippen LogP contribution in [-0.2, 0) is 5.41 Å². The summed E-state index contributed by atoms with van der Waals surface area (Å²) in [4.78, 5) is 0. The van der Waals surface area contributed by atoms with Gasteiger partial charge in [0.05, 0.1) is 0 Å². The average molecular weight is 366 g/mol. The molecule has 0 saturated heterocycles. The van der Waals surface area contributed by atoms with Crippen LogP contribution in [-0.4, -0.2) is 6.71 Å². The van der Waals surface area contributed by atoms with Crippen LogP contribution in [0.3, 0.4) is 0 Å². The first-order valence-corrected chi connectivity index (χ1v) is 10.7. The molecular weight excluding hydrogens is 335 g/mol. The molecule has 3 aromatic rings. The van der Waals surface area contributed by atoms with E-state index < -0.39 is 0 Å². The zero-order valence-electron chi connectivity index (χ0n) is 18.1. The molecule has 0 fully saturated rings. The van der Waals surface area contributed by atoms with Gasteiger partial charge in [0, 0.05) is 5.41 Å². The lowest BCUT2D eigenvalue weighted by Crippen LogP contribution is -2.56. The van der Waals surface area contributed by atoms with Crippen LogP contribution in [0.25, 0.3) is 11.1 Å². The second-order valence-corrected chi connectivity index (χ2v) is 9.45. The Labute approximate surface area is 171 Å². The Morgan fingerprint density at radius 2 is 1.36 bits per heavy atom. The minimum atomic E-state index is 0.0103. The highest BCUT2D eigenvalue weighted by Crippen LogP contribution is 2.39. The summed E-state index contributed by atoms with van der Waals surface area (Å²) in [5, 5.41) is 0. The van der Waals surface area contributed by atoms with Crippen molar-refractivity contribution in [2.24, 2.45) is 0 Å². The van der Waals surface area contributed by atoms with Gasteiger partial charge in [0.15, 0.2) is 0 Å². The fourth-order valence-corrected chi connectivity index (χ4v) is 5.24. The summed E-state index contributed by atoms with van der Waals surface area (Å²) in [5.41, 5.74) is 10.3. The molecule has 0 unspecified atom stereocenters. The van der Waals surface area contributed by atoms with E-state index in [1.165, 1.54) is 33.3 Å². The monoisotopic (exact) mass is 366 g/mol. The van der Waals surface area contributed by atoms with Gasteiger partial charge >= 0.3 is 0 Å². The van der Waals surface area contributed by atoms with Gasteiger partial charge in [0.25, 0.3) is 0 Å². The van der Waals surface area contributed by atoms with Gasteiger partial charge in [-0.1, -0.05) is 125 Å². The van der Waals surface area contributed by atoms with Gasteiger partial charge in [-0.25, -0.2) is 0 Å². The third kappa shape index (κ3) is 2.84. The molecule has 0 spiro atoms. The Balaban J connectivity index is 2.14. The summed E-state index contributed by atoms with van der Waals surface area (Å²) in [5.74, 6) is 1.04.